The molecule has 0 N–H and O–H groups in total. The monoisotopic (exact) mass is 1320 g/mol. The van der Waals surface area contributed by atoms with Gasteiger partial charge in [-0.15, -0.1) is 14.0 Å². The van der Waals surface area contributed by atoms with E-state index in [1.165, 1.54) is 116 Å². The van der Waals surface area contributed by atoms with Gasteiger partial charge in [-0.2, -0.15) is 0 Å². The molecule has 100 heavy (non-hydrogen) atoms. The van der Waals surface area contributed by atoms with E-state index in [1.54, 1.807) is 10.7 Å². The molecule has 0 saturated heterocycles. The number of benzene rings is 12. The lowest BCUT2D eigenvalue weighted by molar-refractivity contribution is -0.720. The van der Waals surface area contributed by atoms with Crippen molar-refractivity contribution in [2.75, 3.05) is 0 Å². The average molecular weight is 1320 g/mol. The first-order chi connectivity index (χ1) is 47.8. The highest BCUT2D eigenvalue weighted by Gasteiger charge is 2.27. The smallest absolute Gasteiger partial charge is 0.232 e. The minimum atomic E-state index is -0.315. The van der Waals surface area contributed by atoms with Gasteiger partial charge in [-0.05, 0) is 277 Å². The first-order valence-electron chi connectivity index (χ1n) is 34.2. The molecule has 0 aliphatic rings. The van der Waals surface area contributed by atoms with Crippen LogP contribution in [0.25, 0.3) is 133 Å². The molecule has 0 fully saturated rings. The normalized spacial score (nSPS) is 11.4. The van der Waals surface area contributed by atoms with E-state index in [1.807, 2.05) is 54.8 Å². The Morgan fingerprint density at radius 2 is 0.550 bits per heavy atom. The van der Waals surface area contributed by atoms with Crippen molar-refractivity contribution in [3.05, 3.63) is 265 Å². The summed E-state index contributed by atoms with van der Waals surface area (Å²) < 4.78 is 22.7. The molecule has 4 heterocycles. The highest BCUT2D eigenvalue weighted by molar-refractivity contribution is 6.02. The second-order valence-electron chi connectivity index (χ2n) is 27.5. The Labute approximate surface area is 585 Å². The van der Waals surface area contributed by atoms with Crippen LogP contribution in [-0.2, 0) is 28.2 Å². The molecule has 11 nitrogen and oxygen atoms in total. The largest absolute Gasteiger partial charge is 0.351 e. The molecule has 0 spiro atoms. The van der Waals surface area contributed by atoms with Gasteiger partial charge in [-0.1, -0.05) is 137 Å². The summed E-state index contributed by atoms with van der Waals surface area (Å²) >= 11 is 0. The van der Waals surface area contributed by atoms with Gasteiger partial charge in [0, 0.05) is 22.1 Å². The fraction of sp³-hybridized carbons (Fsp3) is 0.216. The van der Waals surface area contributed by atoms with E-state index in [4.69, 9.17) is 25.1 Å². The number of halogens is 1. The lowest BCUT2D eigenvalue weighted by Gasteiger charge is -2.10. The number of aryl methyl sites for hydroxylation is 15. The van der Waals surface area contributed by atoms with Gasteiger partial charge >= 0.3 is 23.3 Å². The third-order valence-corrected chi connectivity index (χ3v) is 20.2. The van der Waals surface area contributed by atoms with Gasteiger partial charge in [0.25, 0.3) is 0 Å². The first kappa shape index (κ1) is 67.3. The lowest BCUT2D eigenvalue weighted by atomic mass is 9.98. The zero-order valence-corrected chi connectivity index (χ0v) is 61.0. The molecule has 12 heteroatoms. The molecule has 0 radical (unpaired) electrons. The van der Waals surface area contributed by atoms with Crippen LogP contribution in [0.4, 0.5) is 4.39 Å². The maximum absolute atomic E-state index is 15.0. The van der Waals surface area contributed by atoms with Crippen LogP contribution in [0.2, 0.25) is 0 Å². The lowest BCUT2D eigenvalue weighted by Crippen LogP contribution is -2.37. The Hall–Kier alpha value is -11.2. The van der Waals surface area contributed by atoms with Crippen LogP contribution in [0.1, 0.15) is 83.5 Å². The Balaban J connectivity index is 0.000000119. The Kier molecular flexibility index (Phi) is 18.1. The molecule has 16 rings (SSSR count). The molecule has 12 aromatic carbocycles. The van der Waals surface area contributed by atoms with Crippen molar-refractivity contribution in [2.24, 2.45) is 28.2 Å². The number of hydrogen-bond acceptors (Lipinski definition) is 7. The van der Waals surface area contributed by atoms with Crippen molar-refractivity contribution in [3.63, 3.8) is 0 Å². The molecule has 496 valence electrons. The third-order valence-electron chi connectivity index (χ3n) is 20.2. The summed E-state index contributed by atoms with van der Waals surface area (Å²) in [5, 5.41) is 24.2. The highest BCUT2D eigenvalue weighted by atomic mass is 19.1. The van der Waals surface area contributed by atoms with E-state index in [9.17, 15) is 0 Å². The minimum Gasteiger partial charge on any atom is -0.232 e. The van der Waals surface area contributed by atoms with Gasteiger partial charge in [-0.3, -0.25) is 0 Å². The van der Waals surface area contributed by atoms with E-state index < -0.39 is 0 Å². The predicted octanol–water partition coefficient (Wildman–Crippen LogP) is 18.5. The molecule has 0 atom stereocenters. The number of aromatic nitrogens is 11. The third kappa shape index (κ3) is 12.6. The fourth-order valence-corrected chi connectivity index (χ4v) is 14.3. The van der Waals surface area contributed by atoms with E-state index in [-0.39, 0.29) is 5.82 Å². The molecule has 0 saturated carbocycles. The Morgan fingerprint density at radius 1 is 0.270 bits per heavy atom. The Morgan fingerprint density at radius 3 is 0.920 bits per heavy atom. The average Bonchev–Trinajstić information content (AvgIpc) is 0.775. The molecule has 0 bridgehead atoms. The quantitative estimate of drug-likeness (QED) is 0.128. The van der Waals surface area contributed by atoms with Crippen molar-refractivity contribution in [1.82, 2.24) is 35.2 Å². The standard InChI is InChI=1S/C23H23N2.2C22H22N3.C21H19FN3/c1-14-10-15(2)16(3)21(11-14)23-24-22-17(4)20-9-7-6-8-18(20)12-19(22)13-25(23)5;2*1-13-10-14(2)15(3)19(11-13)22-23-21-16(4)18-9-7-6-8-17(18)12-20(21)24-25(22)5;1-12-9-13(2)14(3)17(10-12)21-23-20-18(24-25(21)4)11-15-7-5-6-8-16(15)19(20)22/h6-13H,1-5H3;2*6-12H,1-5H3;5-11H,1-4H3/q4*+1. The van der Waals surface area contributed by atoms with Crippen molar-refractivity contribution >= 4 is 87.1 Å². The maximum Gasteiger partial charge on any atom is 0.351 e. The van der Waals surface area contributed by atoms with Crippen molar-refractivity contribution in [3.8, 4) is 45.6 Å². The van der Waals surface area contributed by atoms with Crippen LogP contribution in [0.3, 0.4) is 0 Å². The molecule has 0 aliphatic carbocycles. The van der Waals surface area contributed by atoms with Gasteiger partial charge in [0.15, 0.2) is 27.9 Å². The minimum absolute atomic E-state index is 0.311. The number of nitrogens with zero attached hydrogens (tertiary/aromatic N) is 11. The fourth-order valence-electron chi connectivity index (χ4n) is 14.3. The summed E-state index contributed by atoms with van der Waals surface area (Å²) in [5.74, 6) is 3.20. The first-order valence-corrected chi connectivity index (χ1v) is 34.2. The molecular formula is C88H86FN11+4. The van der Waals surface area contributed by atoms with Crippen LogP contribution in [-0.4, -0.2) is 35.2 Å². The van der Waals surface area contributed by atoms with E-state index >= 15 is 4.39 Å². The van der Waals surface area contributed by atoms with E-state index in [0.717, 1.165) is 78.3 Å². The van der Waals surface area contributed by atoms with Crippen LogP contribution in [0.15, 0.2) is 176 Å². The van der Waals surface area contributed by atoms with E-state index in [0.29, 0.717) is 22.2 Å². The number of rotatable bonds is 4. The SMILES string of the molecule is Cc1cc(C)c(C)c(-c2nc3c(C)c4ccccc4cc3c[n+]2C)c1.Cc1cc(C)c(C)c(-c2nc3c(C)c4ccccc4cc3n[n+]2C)c1.Cc1cc(C)c(C)c(-c2nc3c(C)c4ccccc4cc3n[n+]2C)c1.Cc1cc(C)c(C)c(-c2nc3c(F)c4ccccc4cc3n[n+]2C)c1. The van der Waals surface area contributed by atoms with E-state index in [2.05, 4.69) is 271 Å². The summed E-state index contributed by atoms with van der Waals surface area (Å²) in [6.07, 6.45) is 2.20. The highest BCUT2D eigenvalue weighted by Crippen LogP contribution is 2.34. The topological polar surface area (TPSA) is 106 Å². The van der Waals surface area contributed by atoms with Gasteiger partial charge in [-0.25, -0.2) is 8.96 Å². The van der Waals surface area contributed by atoms with Gasteiger partial charge in [0.05, 0.1) is 34.7 Å². The second-order valence-corrected chi connectivity index (χ2v) is 27.5. The molecule has 16 aromatic rings. The van der Waals surface area contributed by atoms with Crippen molar-refractivity contribution in [1.29, 1.82) is 0 Å². The van der Waals surface area contributed by atoms with Gasteiger partial charge in [0.2, 0.25) is 16.6 Å². The number of hydrogen-bond donors (Lipinski definition) is 0. The maximum atomic E-state index is 15.0. The molecule has 0 amide bonds. The molecular weight excluding hydrogens is 1230 g/mol. The van der Waals surface area contributed by atoms with Crippen molar-refractivity contribution in [2.45, 2.75) is 104 Å². The predicted molar refractivity (Wildman–Crippen MR) is 408 cm³/mol. The second kappa shape index (κ2) is 26.9. The van der Waals surface area contributed by atoms with Crippen molar-refractivity contribution < 1.29 is 23.0 Å². The molecule has 0 aliphatic heterocycles. The van der Waals surface area contributed by atoms with Crippen LogP contribution < -0.4 is 18.6 Å². The summed E-state index contributed by atoms with van der Waals surface area (Å²) in [7, 11) is 7.89. The Bertz CT molecular complexity index is 5320. The zero-order valence-electron chi connectivity index (χ0n) is 61.0. The van der Waals surface area contributed by atoms with Crippen LogP contribution in [0, 0.1) is 110 Å². The summed E-state index contributed by atoms with van der Waals surface area (Å²) in [5.41, 5.74) is 28.8. The van der Waals surface area contributed by atoms with Crippen LogP contribution >= 0.6 is 0 Å². The summed E-state index contributed by atoms with van der Waals surface area (Å²) in [6, 6.07) is 58.7. The van der Waals surface area contributed by atoms with Gasteiger partial charge in [0.1, 0.15) is 27.3 Å². The number of fused-ring (bicyclic) bond motifs is 8. The summed E-state index contributed by atoms with van der Waals surface area (Å²) in [4.78, 5) is 19.8. The van der Waals surface area contributed by atoms with Crippen LogP contribution in [0.5, 0.6) is 0 Å². The zero-order chi connectivity index (χ0) is 70.9. The molecule has 4 aromatic heterocycles. The molecule has 0 unspecified atom stereocenters. The summed E-state index contributed by atoms with van der Waals surface area (Å²) in [6.45, 7) is 32.0. The van der Waals surface area contributed by atoms with Gasteiger partial charge < -0.3 is 0 Å².